The first-order chi connectivity index (χ1) is 7.24. The highest BCUT2D eigenvalue weighted by atomic mass is 19.1. The molecule has 2 rings (SSSR count). The summed E-state index contributed by atoms with van der Waals surface area (Å²) in [5, 5.41) is 2.75. The van der Waals surface area contributed by atoms with Crippen molar-refractivity contribution in [1.29, 1.82) is 0 Å². The standard InChI is InChI=1S/C11H12FNO2/c12-9-3-1-8(2-4-9)5-11(14)13-6-10-7-15-10/h1-4,10H,5-7H2,(H,13,14)/t10-/m0/s1. The van der Waals surface area contributed by atoms with Crippen LogP contribution in [0.3, 0.4) is 0 Å². The summed E-state index contributed by atoms with van der Waals surface area (Å²) in [6.45, 7) is 1.30. The summed E-state index contributed by atoms with van der Waals surface area (Å²) in [7, 11) is 0. The van der Waals surface area contributed by atoms with E-state index in [0.29, 0.717) is 6.54 Å². The van der Waals surface area contributed by atoms with Crippen LogP contribution in [0.5, 0.6) is 0 Å². The average molecular weight is 209 g/mol. The first-order valence-corrected chi connectivity index (χ1v) is 4.87. The van der Waals surface area contributed by atoms with E-state index in [2.05, 4.69) is 5.32 Å². The second-order valence-electron chi connectivity index (χ2n) is 3.56. The number of halogens is 1. The zero-order valence-electron chi connectivity index (χ0n) is 8.20. The van der Waals surface area contributed by atoms with Crippen LogP contribution in [-0.4, -0.2) is 25.2 Å². The van der Waals surface area contributed by atoms with E-state index in [-0.39, 0.29) is 24.2 Å². The van der Waals surface area contributed by atoms with E-state index in [1.54, 1.807) is 12.1 Å². The molecule has 0 radical (unpaired) electrons. The summed E-state index contributed by atoms with van der Waals surface area (Å²) in [5.74, 6) is -0.345. The maximum atomic E-state index is 12.6. The largest absolute Gasteiger partial charge is 0.371 e. The topological polar surface area (TPSA) is 41.6 Å². The van der Waals surface area contributed by atoms with Gasteiger partial charge in [0, 0.05) is 6.54 Å². The van der Waals surface area contributed by atoms with E-state index < -0.39 is 0 Å². The molecule has 1 aliphatic rings. The Hall–Kier alpha value is -1.42. The molecular weight excluding hydrogens is 197 g/mol. The van der Waals surface area contributed by atoms with E-state index in [1.165, 1.54) is 12.1 Å². The third-order valence-electron chi connectivity index (χ3n) is 2.21. The third kappa shape index (κ3) is 3.32. The van der Waals surface area contributed by atoms with Crippen molar-refractivity contribution >= 4 is 5.91 Å². The zero-order valence-corrected chi connectivity index (χ0v) is 8.20. The van der Waals surface area contributed by atoms with Crippen molar-refractivity contribution in [1.82, 2.24) is 5.32 Å². The number of amides is 1. The Morgan fingerprint density at radius 2 is 2.13 bits per heavy atom. The number of epoxide rings is 1. The summed E-state index contributed by atoms with van der Waals surface area (Å²) in [4.78, 5) is 11.4. The minimum absolute atomic E-state index is 0.0582. The lowest BCUT2D eigenvalue weighted by atomic mass is 10.1. The quantitative estimate of drug-likeness (QED) is 0.748. The molecule has 0 aliphatic carbocycles. The summed E-state index contributed by atoms with van der Waals surface area (Å²) < 4.78 is 17.5. The minimum atomic E-state index is -0.287. The number of nitrogens with one attached hydrogen (secondary N) is 1. The van der Waals surface area contributed by atoms with Crippen LogP contribution >= 0.6 is 0 Å². The molecule has 1 saturated heterocycles. The van der Waals surface area contributed by atoms with Crippen molar-refractivity contribution in [2.45, 2.75) is 12.5 Å². The molecule has 3 nitrogen and oxygen atoms in total. The Labute approximate surface area is 87.2 Å². The molecule has 0 unspecified atom stereocenters. The van der Waals surface area contributed by atoms with Crippen molar-refractivity contribution in [3.63, 3.8) is 0 Å². The van der Waals surface area contributed by atoms with Crippen molar-refractivity contribution in [3.8, 4) is 0 Å². The lowest BCUT2D eigenvalue weighted by Crippen LogP contribution is -2.28. The third-order valence-corrected chi connectivity index (χ3v) is 2.21. The van der Waals surface area contributed by atoms with Crippen molar-refractivity contribution in [3.05, 3.63) is 35.6 Å². The van der Waals surface area contributed by atoms with Crippen LogP contribution in [0.4, 0.5) is 4.39 Å². The predicted octanol–water partition coefficient (Wildman–Crippen LogP) is 0.883. The zero-order chi connectivity index (χ0) is 10.7. The van der Waals surface area contributed by atoms with Gasteiger partial charge in [0.2, 0.25) is 5.91 Å². The van der Waals surface area contributed by atoms with Crippen LogP contribution in [-0.2, 0) is 16.0 Å². The first-order valence-electron chi connectivity index (χ1n) is 4.87. The molecule has 80 valence electrons. The molecule has 4 heteroatoms. The van der Waals surface area contributed by atoms with Gasteiger partial charge in [-0.25, -0.2) is 4.39 Å². The Balaban J connectivity index is 1.79. The van der Waals surface area contributed by atoms with Crippen LogP contribution in [0.25, 0.3) is 0 Å². The van der Waals surface area contributed by atoms with E-state index in [9.17, 15) is 9.18 Å². The number of rotatable bonds is 4. The summed E-state index contributed by atoms with van der Waals surface area (Å²) in [5.41, 5.74) is 0.811. The molecule has 1 amide bonds. The first kappa shape index (κ1) is 10.1. The van der Waals surface area contributed by atoms with Gasteiger partial charge in [0.25, 0.3) is 0 Å². The Kier molecular flexibility index (Phi) is 2.97. The van der Waals surface area contributed by atoms with Crippen molar-refractivity contribution < 1.29 is 13.9 Å². The van der Waals surface area contributed by atoms with Gasteiger partial charge in [0.1, 0.15) is 5.82 Å². The summed E-state index contributed by atoms with van der Waals surface area (Å²) >= 11 is 0. The van der Waals surface area contributed by atoms with Gasteiger partial charge in [0.15, 0.2) is 0 Å². The summed E-state index contributed by atoms with van der Waals surface area (Å²) in [6.07, 6.45) is 0.481. The smallest absolute Gasteiger partial charge is 0.224 e. The number of carbonyl (C=O) groups is 1. The monoisotopic (exact) mass is 209 g/mol. The fraction of sp³-hybridized carbons (Fsp3) is 0.364. The van der Waals surface area contributed by atoms with Crippen molar-refractivity contribution in [2.24, 2.45) is 0 Å². The molecule has 0 saturated carbocycles. The normalized spacial score (nSPS) is 18.6. The van der Waals surface area contributed by atoms with E-state index in [4.69, 9.17) is 4.74 Å². The van der Waals surface area contributed by atoms with Gasteiger partial charge in [-0.3, -0.25) is 4.79 Å². The van der Waals surface area contributed by atoms with Gasteiger partial charge in [-0.2, -0.15) is 0 Å². The van der Waals surface area contributed by atoms with Crippen LogP contribution < -0.4 is 5.32 Å². The average Bonchev–Trinajstić information content (AvgIpc) is 3.02. The lowest BCUT2D eigenvalue weighted by Gasteiger charge is -2.02. The predicted molar refractivity (Wildman–Crippen MR) is 52.9 cm³/mol. The fourth-order valence-corrected chi connectivity index (χ4v) is 1.26. The highest BCUT2D eigenvalue weighted by molar-refractivity contribution is 5.78. The van der Waals surface area contributed by atoms with Crippen molar-refractivity contribution in [2.75, 3.05) is 13.2 Å². The molecule has 1 heterocycles. The highest BCUT2D eigenvalue weighted by Crippen LogP contribution is 2.07. The van der Waals surface area contributed by atoms with Crippen LogP contribution in [0.1, 0.15) is 5.56 Å². The molecule has 0 bridgehead atoms. The Morgan fingerprint density at radius 3 is 2.73 bits per heavy atom. The van der Waals surface area contributed by atoms with Gasteiger partial charge in [-0.05, 0) is 17.7 Å². The van der Waals surface area contributed by atoms with Crippen LogP contribution in [0.15, 0.2) is 24.3 Å². The molecule has 1 aromatic rings. The summed E-state index contributed by atoms with van der Waals surface area (Å²) in [6, 6.07) is 5.93. The maximum Gasteiger partial charge on any atom is 0.224 e. The Bertz CT molecular complexity index is 346. The SMILES string of the molecule is O=C(Cc1ccc(F)cc1)NC[C@H]1CO1. The molecular formula is C11H12FNO2. The molecule has 1 aromatic carbocycles. The fourth-order valence-electron chi connectivity index (χ4n) is 1.26. The lowest BCUT2D eigenvalue weighted by molar-refractivity contribution is -0.120. The van der Waals surface area contributed by atoms with Gasteiger partial charge in [-0.15, -0.1) is 0 Å². The van der Waals surface area contributed by atoms with Gasteiger partial charge in [0.05, 0.1) is 19.1 Å². The second kappa shape index (κ2) is 4.40. The Morgan fingerprint density at radius 1 is 1.47 bits per heavy atom. The van der Waals surface area contributed by atoms with Gasteiger partial charge < -0.3 is 10.1 Å². The number of carbonyl (C=O) groups excluding carboxylic acids is 1. The molecule has 1 fully saturated rings. The molecule has 0 aromatic heterocycles. The number of hydrogen-bond donors (Lipinski definition) is 1. The van der Waals surface area contributed by atoms with E-state index >= 15 is 0 Å². The minimum Gasteiger partial charge on any atom is -0.371 e. The van der Waals surface area contributed by atoms with Crippen LogP contribution in [0.2, 0.25) is 0 Å². The molecule has 1 N–H and O–H groups in total. The van der Waals surface area contributed by atoms with Crippen LogP contribution in [0, 0.1) is 5.82 Å². The molecule has 1 atom stereocenters. The van der Waals surface area contributed by atoms with Gasteiger partial charge >= 0.3 is 0 Å². The van der Waals surface area contributed by atoms with E-state index in [1.807, 2.05) is 0 Å². The number of benzene rings is 1. The van der Waals surface area contributed by atoms with Gasteiger partial charge in [-0.1, -0.05) is 12.1 Å². The van der Waals surface area contributed by atoms with E-state index in [0.717, 1.165) is 12.2 Å². The second-order valence-corrected chi connectivity index (χ2v) is 3.56. The number of hydrogen-bond acceptors (Lipinski definition) is 2. The highest BCUT2D eigenvalue weighted by Gasteiger charge is 2.22. The maximum absolute atomic E-state index is 12.6. The molecule has 0 spiro atoms. The number of ether oxygens (including phenoxy) is 1. The molecule has 15 heavy (non-hydrogen) atoms. The molecule has 1 aliphatic heterocycles.